The standard InChI is InChI=1S/C25H27F2N/c1-2-3-4-16-7-11-20-19(13-16)10-12-21-22(20)14-23(26)24(25(21)27)18-8-5-17(15-28)6-9-18/h5-6,8-9,14,16,19-20H,2-4,7,10-13H2,1H3/t16-,19+,20+/m1/s1. The highest BCUT2D eigenvalue weighted by atomic mass is 19.1. The average Bonchev–Trinajstić information content (AvgIpc) is 2.72. The van der Waals surface area contributed by atoms with Crippen LogP contribution in [0.2, 0.25) is 0 Å². The topological polar surface area (TPSA) is 23.8 Å². The van der Waals surface area contributed by atoms with Crippen LogP contribution in [0.1, 0.15) is 74.5 Å². The molecule has 0 bridgehead atoms. The summed E-state index contributed by atoms with van der Waals surface area (Å²) in [5.74, 6) is 0.791. The van der Waals surface area contributed by atoms with Crippen LogP contribution in [-0.4, -0.2) is 0 Å². The third kappa shape index (κ3) is 3.46. The van der Waals surface area contributed by atoms with Gasteiger partial charge in [-0.3, -0.25) is 0 Å². The van der Waals surface area contributed by atoms with Gasteiger partial charge < -0.3 is 0 Å². The quantitative estimate of drug-likeness (QED) is 0.554. The number of benzene rings is 2. The molecule has 0 N–H and O–H groups in total. The van der Waals surface area contributed by atoms with Gasteiger partial charge in [0.2, 0.25) is 0 Å². The lowest BCUT2D eigenvalue weighted by Crippen LogP contribution is -2.29. The highest BCUT2D eigenvalue weighted by Crippen LogP contribution is 2.49. The Labute approximate surface area is 166 Å². The molecule has 146 valence electrons. The highest BCUT2D eigenvalue weighted by molar-refractivity contribution is 5.68. The fourth-order valence-electron chi connectivity index (χ4n) is 5.41. The Kier molecular flexibility index (Phi) is 5.49. The third-order valence-electron chi connectivity index (χ3n) is 6.88. The molecule has 0 heterocycles. The highest BCUT2D eigenvalue weighted by Gasteiger charge is 2.37. The van der Waals surface area contributed by atoms with Crippen LogP contribution in [0.3, 0.4) is 0 Å². The van der Waals surface area contributed by atoms with E-state index >= 15 is 8.78 Å². The van der Waals surface area contributed by atoms with E-state index in [0.29, 0.717) is 34.9 Å². The van der Waals surface area contributed by atoms with Crippen molar-refractivity contribution in [3.63, 3.8) is 0 Å². The summed E-state index contributed by atoms with van der Waals surface area (Å²) in [4.78, 5) is 0. The fraction of sp³-hybridized carbons (Fsp3) is 0.480. The predicted molar refractivity (Wildman–Crippen MR) is 108 cm³/mol. The van der Waals surface area contributed by atoms with Gasteiger partial charge in [0.25, 0.3) is 0 Å². The summed E-state index contributed by atoms with van der Waals surface area (Å²) in [5.41, 5.74) is 2.68. The molecule has 28 heavy (non-hydrogen) atoms. The Morgan fingerprint density at radius 1 is 1.11 bits per heavy atom. The van der Waals surface area contributed by atoms with Crippen molar-refractivity contribution in [3.8, 4) is 17.2 Å². The van der Waals surface area contributed by atoms with Crippen LogP contribution in [0.4, 0.5) is 8.78 Å². The SMILES string of the molecule is CCCC[C@@H]1CC[C@@H]2c3cc(F)c(-c4ccc(C#N)cc4)c(F)c3CC[C@H]2C1. The first kappa shape index (κ1) is 19.1. The van der Waals surface area contributed by atoms with Crippen LogP contribution in [0.5, 0.6) is 0 Å². The van der Waals surface area contributed by atoms with Crippen molar-refractivity contribution >= 4 is 0 Å². The van der Waals surface area contributed by atoms with E-state index in [1.807, 2.05) is 6.07 Å². The summed E-state index contributed by atoms with van der Waals surface area (Å²) < 4.78 is 30.4. The van der Waals surface area contributed by atoms with Gasteiger partial charge in [0.15, 0.2) is 0 Å². The largest absolute Gasteiger partial charge is 0.206 e. The number of halogens is 2. The minimum Gasteiger partial charge on any atom is -0.206 e. The second-order valence-corrected chi connectivity index (χ2v) is 8.53. The first-order chi connectivity index (χ1) is 13.6. The number of unbranched alkanes of at least 4 members (excludes halogenated alkanes) is 1. The van der Waals surface area contributed by atoms with Gasteiger partial charge in [-0.2, -0.15) is 5.26 Å². The molecule has 0 aliphatic heterocycles. The Morgan fingerprint density at radius 3 is 2.61 bits per heavy atom. The molecular weight excluding hydrogens is 352 g/mol. The molecule has 2 aliphatic rings. The molecule has 0 aromatic heterocycles. The summed E-state index contributed by atoms with van der Waals surface area (Å²) in [7, 11) is 0. The Balaban J connectivity index is 1.64. The molecule has 1 saturated carbocycles. The lowest BCUT2D eigenvalue weighted by molar-refractivity contribution is 0.198. The number of rotatable bonds is 4. The zero-order chi connectivity index (χ0) is 19.7. The van der Waals surface area contributed by atoms with E-state index in [1.54, 1.807) is 30.3 Å². The van der Waals surface area contributed by atoms with Gasteiger partial charge in [-0.15, -0.1) is 0 Å². The second-order valence-electron chi connectivity index (χ2n) is 8.53. The zero-order valence-electron chi connectivity index (χ0n) is 16.5. The minimum absolute atomic E-state index is 0.0540. The molecule has 2 aromatic carbocycles. The van der Waals surface area contributed by atoms with E-state index in [-0.39, 0.29) is 5.56 Å². The molecule has 2 aromatic rings. The lowest BCUT2D eigenvalue weighted by atomic mass is 9.64. The Hall–Kier alpha value is -2.21. The van der Waals surface area contributed by atoms with E-state index in [4.69, 9.17) is 5.26 Å². The maximum Gasteiger partial charge on any atom is 0.137 e. The summed E-state index contributed by atoms with van der Waals surface area (Å²) in [6.07, 6.45) is 8.99. The molecule has 0 radical (unpaired) electrons. The zero-order valence-corrected chi connectivity index (χ0v) is 16.5. The van der Waals surface area contributed by atoms with Crippen LogP contribution in [0, 0.1) is 34.8 Å². The number of hydrogen-bond donors (Lipinski definition) is 0. The molecule has 0 amide bonds. The first-order valence-corrected chi connectivity index (χ1v) is 10.6. The van der Waals surface area contributed by atoms with Gasteiger partial charge >= 0.3 is 0 Å². The molecule has 3 heteroatoms. The Morgan fingerprint density at radius 2 is 1.89 bits per heavy atom. The van der Waals surface area contributed by atoms with Gasteiger partial charge in [0.05, 0.1) is 17.2 Å². The number of hydrogen-bond acceptors (Lipinski definition) is 1. The first-order valence-electron chi connectivity index (χ1n) is 10.6. The van der Waals surface area contributed by atoms with Gasteiger partial charge in [0, 0.05) is 0 Å². The molecule has 0 saturated heterocycles. The molecule has 4 rings (SSSR count). The number of fused-ring (bicyclic) bond motifs is 3. The average molecular weight is 379 g/mol. The van der Waals surface area contributed by atoms with Crippen LogP contribution in [0.25, 0.3) is 11.1 Å². The second kappa shape index (κ2) is 8.03. The molecule has 0 spiro atoms. The number of nitrogens with zero attached hydrogens (tertiary/aromatic N) is 1. The summed E-state index contributed by atoms with van der Waals surface area (Å²) in [6, 6.07) is 10.1. The van der Waals surface area contributed by atoms with E-state index < -0.39 is 11.6 Å². The van der Waals surface area contributed by atoms with Crippen LogP contribution in [-0.2, 0) is 6.42 Å². The van der Waals surface area contributed by atoms with Gasteiger partial charge in [0.1, 0.15) is 11.6 Å². The van der Waals surface area contributed by atoms with E-state index in [2.05, 4.69) is 6.92 Å². The van der Waals surface area contributed by atoms with Crippen molar-refractivity contribution < 1.29 is 8.78 Å². The maximum absolute atomic E-state index is 15.4. The van der Waals surface area contributed by atoms with Crippen molar-refractivity contribution in [1.82, 2.24) is 0 Å². The van der Waals surface area contributed by atoms with Crippen molar-refractivity contribution in [2.24, 2.45) is 11.8 Å². The molecule has 3 atom stereocenters. The summed E-state index contributed by atoms with van der Waals surface area (Å²) in [6.45, 7) is 2.24. The summed E-state index contributed by atoms with van der Waals surface area (Å²) in [5, 5.41) is 8.94. The van der Waals surface area contributed by atoms with Gasteiger partial charge in [-0.05, 0) is 84.7 Å². The van der Waals surface area contributed by atoms with Crippen LogP contribution >= 0.6 is 0 Å². The van der Waals surface area contributed by atoms with Crippen LogP contribution < -0.4 is 0 Å². The third-order valence-corrected chi connectivity index (χ3v) is 6.88. The fourth-order valence-corrected chi connectivity index (χ4v) is 5.41. The van der Waals surface area contributed by atoms with Crippen molar-refractivity contribution in [3.05, 3.63) is 58.7 Å². The van der Waals surface area contributed by atoms with Crippen molar-refractivity contribution in [2.75, 3.05) is 0 Å². The molecule has 0 unspecified atom stereocenters. The van der Waals surface area contributed by atoms with Gasteiger partial charge in [-0.25, -0.2) is 8.78 Å². The van der Waals surface area contributed by atoms with E-state index in [0.717, 1.165) is 24.3 Å². The lowest BCUT2D eigenvalue weighted by Gasteiger charge is -2.41. The monoisotopic (exact) mass is 379 g/mol. The van der Waals surface area contributed by atoms with E-state index in [1.165, 1.54) is 32.1 Å². The molecule has 1 fully saturated rings. The molecular formula is C25H27F2N. The summed E-state index contributed by atoms with van der Waals surface area (Å²) >= 11 is 0. The normalized spacial score (nSPS) is 23.6. The number of nitriles is 1. The van der Waals surface area contributed by atoms with E-state index in [9.17, 15) is 0 Å². The van der Waals surface area contributed by atoms with Crippen molar-refractivity contribution in [2.45, 2.75) is 64.2 Å². The Bertz CT molecular complexity index is 894. The molecule has 2 aliphatic carbocycles. The smallest absolute Gasteiger partial charge is 0.137 e. The molecule has 1 nitrogen and oxygen atoms in total. The maximum atomic E-state index is 15.4. The predicted octanol–water partition coefficient (Wildman–Crippen LogP) is 7.14. The minimum atomic E-state index is -0.477. The van der Waals surface area contributed by atoms with Gasteiger partial charge in [-0.1, -0.05) is 38.3 Å². The van der Waals surface area contributed by atoms with Crippen LogP contribution in [0.15, 0.2) is 30.3 Å². The van der Waals surface area contributed by atoms with Crippen molar-refractivity contribution in [1.29, 1.82) is 5.26 Å².